The number of aromatic nitrogens is 1. The minimum Gasteiger partial charge on any atom is -0.497 e. The summed E-state index contributed by atoms with van der Waals surface area (Å²) in [5, 5.41) is 0.996. The van der Waals surface area contributed by atoms with Gasteiger partial charge in [0.25, 0.3) is 15.7 Å². The number of fused-ring (bicyclic) bond motifs is 1. The number of amides is 2. The number of piperidine rings is 2. The number of carbonyl (C=O) groups is 4. The molecule has 2 saturated heterocycles. The number of likely N-dealkylation sites (tertiary alicyclic amines) is 2. The van der Waals surface area contributed by atoms with Crippen LogP contribution in [0.3, 0.4) is 0 Å². The highest BCUT2D eigenvalue weighted by molar-refractivity contribution is 7.85. The van der Waals surface area contributed by atoms with Gasteiger partial charge in [0.1, 0.15) is 17.0 Å². The highest BCUT2D eigenvalue weighted by Crippen LogP contribution is 2.40. The molecule has 2 aromatic rings. The normalized spacial score (nSPS) is 16.5. The largest absolute Gasteiger partial charge is 0.497 e. The molecule has 61 heavy (non-hydrogen) atoms. The van der Waals surface area contributed by atoms with Gasteiger partial charge in [0.15, 0.2) is 0 Å². The lowest BCUT2D eigenvalue weighted by atomic mass is 9.74. The van der Waals surface area contributed by atoms with Crippen LogP contribution in [0.25, 0.3) is 10.9 Å². The van der Waals surface area contributed by atoms with Gasteiger partial charge >= 0.3 is 24.1 Å². The monoisotopic (exact) mass is 879 g/mol. The first kappa shape index (κ1) is 51.0. The number of carbonyl (C=O) groups excluding carboxylic acids is 4. The highest BCUT2D eigenvalue weighted by atomic mass is 32.2. The molecule has 1 aromatic heterocycles. The molecule has 0 bridgehead atoms. The summed E-state index contributed by atoms with van der Waals surface area (Å²) in [4.78, 5) is 66.3. The van der Waals surface area contributed by atoms with Crippen LogP contribution in [-0.2, 0) is 49.4 Å². The van der Waals surface area contributed by atoms with E-state index in [2.05, 4.69) is 0 Å². The zero-order chi connectivity index (χ0) is 45.8. The first-order chi connectivity index (χ1) is 28.4. The van der Waals surface area contributed by atoms with Crippen molar-refractivity contribution >= 4 is 45.1 Å². The van der Waals surface area contributed by atoms with Crippen LogP contribution in [0.15, 0.2) is 29.1 Å². The fourth-order valence-corrected chi connectivity index (χ4v) is 8.07. The molecule has 0 N–H and O–H groups in total. The van der Waals surface area contributed by atoms with Crippen LogP contribution < -0.4 is 10.3 Å². The zero-order valence-electron chi connectivity index (χ0n) is 38.2. The summed E-state index contributed by atoms with van der Waals surface area (Å²) in [6, 6.07) is 7.38. The number of pyridine rings is 1. The summed E-state index contributed by atoms with van der Waals surface area (Å²) < 4.78 is 55.5. The SMILES string of the molecule is CCOC(=O)C1(CCCOS(C)(=O)=O)CCN(C(=O)OC(C)(C)C)CC1.CCOC(=O)C1(CCCn2c(=O)cc(C)c3ccc(OC)cc32)CCN(C(=O)OC(C)(C)C)CC1. The van der Waals surface area contributed by atoms with Gasteiger partial charge in [0, 0.05) is 50.2 Å². The third-order valence-electron chi connectivity index (χ3n) is 10.8. The van der Waals surface area contributed by atoms with Crippen LogP contribution in [0.5, 0.6) is 5.75 Å². The number of hydrogen-bond donors (Lipinski definition) is 0. The Morgan fingerprint density at radius 2 is 1.20 bits per heavy atom. The quantitative estimate of drug-likeness (QED) is 0.0818. The van der Waals surface area contributed by atoms with E-state index in [1.54, 1.807) is 62.2 Å². The van der Waals surface area contributed by atoms with E-state index in [4.69, 9.17) is 27.9 Å². The lowest BCUT2D eigenvalue weighted by Gasteiger charge is -2.40. The predicted molar refractivity (Wildman–Crippen MR) is 231 cm³/mol. The van der Waals surface area contributed by atoms with Gasteiger partial charge in [-0.15, -0.1) is 0 Å². The molecule has 3 heterocycles. The van der Waals surface area contributed by atoms with E-state index in [0.29, 0.717) is 96.4 Å². The third kappa shape index (κ3) is 15.2. The van der Waals surface area contributed by atoms with Crippen molar-refractivity contribution in [3.63, 3.8) is 0 Å². The molecular formula is C44H69N3O13S. The minimum absolute atomic E-state index is 0.0236. The van der Waals surface area contributed by atoms with Gasteiger partial charge in [0.2, 0.25) is 0 Å². The smallest absolute Gasteiger partial charge is 0.410 e. The molecule has 1 aromatic carbocycles. The molecule has 17 heteroatoms. The average Bonchev–Trinajstić information content (AvgIpc) is 3.16. The standard InChI is InChI=1S/C27H38N2O6.C17H31NO7S/c1-7-34-24(31)27(12-15-28(16-13-27)25(32)35-26(3,4)5)11-8-14-29-22-18-20(33-6)9-10-21(22)19(2)17-23(29)30;1-6-23-14(19)17(8-7-13-24-26(5,21)22)9-11-18(12-10-17)15(20)25-16(2,3)4/h9-10,17-18H,7-8,11-16H2,1-6H3;6-13H2,1-5H3. The summed E-state index contributed by atoms with van der Waals surface area (Å²) in [6.07, 6.45) is 4.20. The summed E-state index contributed by atoms with van der Waals surface area (Å²) in [5.41, 5.74) is -0.894. The van der Waals surface area contributed by atoms with Crippen molar-refractivity contribution in [3.8, 4) is 5.75 Å². The van der Waals surface area contributed by atoms with Crippen LogP contribution in [0, 0.1) is 17.8 Å². The lowest BCUT2D eigenvalue weighted by molar-refractivity contribution is -0.160. The second kappa shape index (κ2) is 21.6. The van der Waals surface area contributed by atoms with Crippen LogP contribution in [0.2, 0.25) is 0 Å². The topological polar surface area (TPSA) is 186 Å². The van der Waals surface area contributed by atoms with Gasteiger partial charge < -0.3 is 38.1 Å². The van der Waals surface area contributed by atoms with Crippen molar-refractivity contribution in [2.45, 2.75) is 131 Å². The summed E-state index contributed by atoms with van der Waals surface area (Å²) >= 11 is 0. The van der Waals surface area contributed by atoms with E-state index in [-0.39, 0.29) is 36.8 Å². The number of esters is 2. The van der Waals surface area contributed by atoms with Gasteiger partial charge in [-0.25, -0.2) is 9.59 Å². The Morgan fingerprint density at radius 3 is 1.61 bits per heavy atom. The number of nitrogens with zero attached hydrogens (tertiary/aromatic N) is 3. The van der Waals surface area contributed by atoms with Crippen molar-refractivity contribution in [2.24, 2.45) is 10.8 Å². The van der Waals surface area contributed by atoms with E-state index in [1.807, 2.05) is 45.9 Å². The van der Waals surface area contributed by atoms with E-state index in [1.165, 1.54) is 0 Å². The number of methoxy groups -OCH3 is 1. The Morgan fingerprint density at radius 1 is 0.738 bits per heavy atom. The average molecular weight is 880 g/mol. The maximum atomic E-state index is 13.0. The molecule has 0 spiro atoms. The van der Waals surface area contributed by atoms with Gasteiger partial charge in [0.05, 0.1) is 49.5 Å². The van der Waals surface area contributed by atoms with E-state index >= 15 is 0 Å². The van der Waals surface area contributed by atoms with Gasteiger partial charge in [-0.3, -0.25) is 18.6 Å². The maximum absolute atomic E-state index is 13.0. The summed E-state index contributed by atoms with van der Waals surface area (Å²) in [5.74, 6) is 0.156. The predicted octanol–water partition coefficient (Wildman–Crippen LogP) is 7.00. The maximum Gasteiger partial charge on any atom is 0.410 e. The van der Waals surface area contributed by atoms with Crippen LogP contribution >= 0.6 is 0 Å². The van der Waals surface area contributed by atoms with Crippen LogP contribution in [0.1, 0.15) is 112 Å². The van der Waals surface area contributed by atoms with E-state index in [0.717, 1.165) is 22.7 Å². The Labute approximate surface area is 361 Å². The van der Waals surface area contributed by atoms with E-state index < -0.39 is 38.2 Å². The van der Waals surface area contributed by atoms with Crippen molar-refractivity contribution in [2.75, 3.05) is 59.4 Å². The Hall–Kier alpha value is -4.38. The molecule has 16 nitrogen and oxygen atoms in total. The third-order valence-corrected chi connectivity index (χ3v) is 11.4. The molecule has 0 radical (unpaired) electrons. The second-order valence-corrected chi connectivity index (χ2v) is 19.5. The number of ether oxygens (including phenoxy) is 5. The summed E-state index contributed by atoms with van der Waals surface area (Å²) in [6.45, 7) is 19.1. The Kier molecular flexibility index (Phi) is 18.1. The fourth-order valence-electron chi connectivity index (χ4n) is 7.65. The zero-order valence-corrected chi connectivity index (χ0v) is 39.0. The lowest BCUT2D eigenvalue weighted by Crippen LogP contribution is -2.48. The first-order valence-corrected chi connectivity index (χ1v) is 23.0. The molecule has 0 saturated carbocycles. The molecule has 0 atom stereocenters. The van der Waals surface area contributed by atoms with Crippen LogP contribution in [-0.4, -0.2) is 117 Å². The van der Waals surface area contributed by atoms with E-state index in [9.17, 15) is 32.4 Å². The second-order valence-electron chi connectivity index (χ2n) is 17.9. The van der Waals surface area contributed by atoms with Crippen molar-refractivity contribution < 1.29 is 55.5 Å². The van der Waals surface area contributed by atoms with Gasteiger partial charge in [-0.1, -0.05) is 0 Å². The molecular weight excluding hydrogens is 811 g/mol. The Balaban J connectivity index is 0.000000341. The van der Waals surface area contributed by atoms with Crippen molar-refractivity contribution in [1.82, 2.24) is 14.4 Å². The number of aryl methyl sites for hydroxylation is 2. The van der Waals surface area contributed by atoms with Gasteiger partial charge in [-0.2, -0.15) is 8.42 Å². The van der Waals surface area contributed by atoms with Gasteiger partial charge in [-0.05, 0) is 131 Å². The number of hydrogen-bond acceptors (Lipinski definition) is 13. The first-order valence-electron chi connectivity index (χ1n) is 21.2. The molecule has 0 unspecified atom stereocenters. The van der Waals surface area contributed by atoms with Crippen LogP contribution in [0.4, 0.5) is 9.59 Å². The summed E-state index contributed by atoms with van der Waals surface area (Å²) in [7, 11) is -1.90. The Bertz CT molecular complexity index is 1980. The molecule has 0 aliphatic carbocycles. The fraction of sp³-hybridized carbons (Fsp3) is 0.705. The molecule has 2 fully saturated rings. The minimum atomic E-state index is -3.50. The molecule has 2 aliphatic heterocycles. The molecule has 4 rings (SSSR count). The molecule has 2 aliphatic rings. The number of benzene rings is 1. The highest BCUT2D eigenvalue weighted by Gasteiger charge is 2.45. The molecule has 2 amide bonds. The van der Waals surface area contributed by atoms with Crippen molar-refractivity contribution in [3.05, 3.63) is 40.2 Å². The van der Waals surface area contributed by atoms with Crippen molar-refractivity contribution in [1.29, 1.82) is 0 Å². The number of rotatable bonds is 14. The molecule has 344 valence electrons.